The van der Waals surface area contributed by atoms with Crippen LogP contribution in [0.25, 0.3) is 65.7 Å². The molecule has 0 aromatic heterocycles. The number of rotatable bonds is 3. The molecule has 3 aliphatic carbocycles. The van der Waals surface area contributed by atoms with Crippen LogP contribution >= 0.6 is 0 Å². The van der Waals surface area contributed by atoms with Gasteiger partial charge in [-0.3, -0.25) is 0 Å². The Balaban J connectivity index is 1.18. The zero-order valence-electron chi connectivity index (χ0n) is 21.5. The van der Waals surface area contributed by atoms with Gasteiger partial charge in [-0.05, 0) is 130 Å². The highest BCUT2D eigenvalue weighted by Gasteiger charge is 2.32. The summed E-state index contributed by atoms with van der Waals surface area (Å²) in [7, 11) is 0. The van der Waals surface area contributed by atoms with Crippen molar-refractivity contribution >= 4 is 32.3 Å². The summed E-state index contributed by atoms with van der Waals surface area (Å²) in [5.41, 5.74) is 16.9. The fourth-order valence-corrected chi connectivity index (χ4v) is 7.98. The summed E-state index contributed by atoms with van der Waals surface area (Å²) in [6.07, 6.45) is 3.18. The van der Waals surface area contributed by atoms with Crippen LogP contribution < -0.4 is 0 Å². The van der Waals surface area contributed by atoms with E-state index < -0.39 is 0 Å². The van der Waals surface area contributed by atoms with Crippen molar-refractivity contribution < 1.29 is 0 Å². The second-order valence-electron chi connectivity index (χ2n) is 11.6. The molecule has 3 aliphatic rings. The van der Waals surface area contributed by atoms with Crippen LogP contribution in [0.1, 0.15) is 33.4 Å². The van der Waals surface area contributed by atoms with Gasteiger partial charge in [-0.2, -0.15) is 0 Å². The first-order chi connectivity index (χ1) is 19.3. The van der Waals surface area contributed by atoms with E-state index in [4.69, 9.17) is 0 Å². The molecule has 0 spiro atoms. The second kappa shape index (κ2) is 7.04. The summed E-state index contributed by atoms with van der Waals surface area (Å²) >= 11 is 0. The normalized spacial score (nSPS) is 13.8. The molecule has 0 bridgehead atoms. The lowest BCUT2D eigenvalue weighted by atomic mass is 9.89. The predicted molar refractivity (Wildman–Crippen MR) is 164 cm³/mol. The highest BCUT2D eigenvalue weighted by Crippen LogP contribution is 2.54. The summed E-state index contributed by atoms with van der Waals surface area (Å²) in [5.74, 6) is 0. The minimum Gasteiger partial charge on any atom is -0.0622 e. The lowest BCUT2D eigenvalue weighted by Gasteiger charge is -2.14. The van der Waals surface area contributed by atoms with Crippen molar-refractivity contribution in [3.05, 3.63) is 143 Å². The van der Waals surface area contributed by atoms with Gasteiger partial charge in [0.15, 0.2) is 0 Å². The van der Waals surface area contributed by atoms with Crippen LogP contribution in [0.5, 0.6) is 0 Å². The number of hydrogen-bond donors (Lipinski definition) is 0. The molecule has 7 aromatic rings. The molecule has 180 valence electrons. The minimum absolute atomic E-state index is 1.04. The zero-order chi connectivity index (χ0) is 25.2. The smallest absolute Gasteiger partial charge is 0.000682 e. The van der Waals surface area contributed by atoms with E-state index in [1.165, 1.54) is 66.8 Å². The summed E-state index contributed by atoms with van der Waals surface area (Å²) < 4.78 is 0. The van der Waals surface area contributed by atoms with E-state index in [0.717, 1.165) is 19.3 Å². The Morgan fingerprint density at radius 3 is 1.49 bits per heavy atom. The van der Waals surface area contributed by atoms with E-state index in [2.05, 4.69) is 109 Å². The highest BCUT2D eigenvalue weighted by atomic mass is 14.4. The highest BCUT2D eigenvalue weighted by molar-refractivity contribution is 6.33. The van der Waals surface area contributed by atoms with Crippen molar-refractivity contribution in [1.29, 1.82) is 0 Å². The fourth-order valence-electron chi connectivity index (χ4n) is 7.98. The lowest BCUT2D eigenvalue weighted by Crippen LogP contribution is -1.92. The van der Waals surface area contributed by atoms with Crippen LogP contribution in [0.15, 0.2) is 109 Å². The predicted octanol–water partition coefficient (Wildman–Crippen LogP) is 9.86. The van der Waals surface area contributed by atoms with Gasteiger partial charge in [0.1, 0.15) is 0 Å². The minimum atomic E-state index is 1.04. The molecule has 0 aliphatic heterocycles. The van der Waals surface area contributed by atoms with Crippen LogP contribution in [0, 0.1) is 0 Å². The molecule has 0 N–H and O–H groups in total. The molecular weight excluding hydrogens is 468 g/mol. The van der Waals surface area contributed by atoms with E-state index in [1.54, 1.807) is 32.3 Å². The Hall–Kier alpha value is -4.68. The molecule has 0 atom stereocenters. The molecule has 0 nitrogen and oxygen atoms in total. The molecule has 0 heteroatoms. The van der Waals surface area contributed by atoms with E-state index in [-0.39, 0.29) is 0 Å². The molecular formula is C39H24. The van der Waals surface area contributed by atoms with Crippen molar-refractivity contribution in [2.75, 3.05) is 0 Å². The Bertz CT molecular complexity index is 2180. The van der Waals surface area contributed by atoms with Gasteiger partial charge in [-0.25, -0.2) is 0 Å². The summed E-state index contributed by atoms with van der Waals surface area (Å²) in [6.45, 7) is 0. The Kier molecular flexibility index (Phi) is 3.66. The van der Waals surface area contributed by atoms with Gasteiger partial charge in [0.25, 0.3) is 0 Å². The molecule has 10 rings (SSSR count). The monoisotopic (exact) mass is 492 g/mol. The molecule has 0 saturated heterocycles. The lowest BCUT2D eigenvalue weighted by molar-refractivity contribution is 1.24. The molecule has 0 fully saturated rings. The largest absolute Gasteiger partial charge is 0.0622 e. The molecule has 0 amide bonds. The maximum absolute atomic E-state index is 2.53. The van der Waals surface area contributed by atoms with Crippen molar-refractivity contribution in [2.45, 2.75) is 19.3 Å². The molecule has 0 unspecified atom stereocenters. The first-order valence-electron chi connectivity index (χ1n) is 14.1. The van der Waals surface area contributed by atoms with E-state index in [0.29, 0.717) is 0 Å². The third-order valence-electron chi connectivity index (χ3n) is 9.65. The van der Waals surface area contributed by atoms with Crippen LogP contribution in [-0.2, 0) is 19.3 Å². The number of benzene rings is 7. The van der Waals surface area contributed by atoms with Crippen molar-refractivity contribution in [1.82, 2.24) is 0 Å². The zero-order valence-corrected chi connectivity index (χ0v) is 21.5. The van der Waals surface area contributed by atoms with E-state index in [1.807, 2.05) is 0 Å². The maximum atomic E-state index is 2.53. The van der Waals surface area contributed by atoms with Crippen LogP contribution in [0.2, 0.25) is 0 Å². The van der Waals surface area contributed by atoms with E-state index in [9.17, 15) is 0 Å². The van der Waals surface area contributed by atoms with Gasteiger partial charge in [-0.15, -0.1) is 0 Å². The Morgan fingerprint density at radius 1 is 0.308 bits per heavy atom. The first kappa shape index (κ1) is 20.3. The quantitative estimate of drug-likeness (QED) is 0.215. The van der Waals surface area contributed by atoms with Crippen molar-refractivity contribution in [3.8, 4) is 33.4 Å². The van der Waals surface area contributed by atoms with Crippen LogP contribution in [-0.4, -0.2) is 0 Å². The topological polar surface area (TPSA) is 0 Å². The third kappa shape index (κ3) is 2.55. The third-order valence-corrected chi connectivity index (χ3v) is 9.65. The van der Waals surface area contributed by atoms with Gasteiger partial charge < -0.3 is 0 Å². The van der Waals surface area contributed by atoms with Gasteiger partial charge >= 0.3 is 0 Å². The molecule has 39 heavy (non-hydrogen) atoms. The molecule has 0 saturated carbocycles. The van der Waals surface area contributed by atoms with Crippen LogP contribution in [0.3, 0.4) is 0 Å². The van der Waals surface area contributed by atoms with E-state index >= 15 is 0 Å². The average Bonchev–Trinajstić information content (AvgIpc) is 3.67. The van der Waals surface area contributed by atoms with Crippen LogP contribution in [0.4, 0.5) is 0 Å². The molecule has 0 heterocycles. The Labute approximate surface area is 227 Å². The van der Waals surface area contributed by atoms with Gasteiger partial charge in [0.05, 0.1) is 0 Å². The van der Waals surface area contributed by atoms with Crippen molar-refractivity contribution in [3.63, 3.8) is 0 Å². The fraction of sp³-hybridized carbons (Fsp3) is 0.0769. The summed E-state index contributed by atoms with van der Waals surface area (Å²) in [5, 5.41) is 9.34. The van der Waals surface area contributed by atoms with Gasteiger partial charge in [0, 0.05) is 0 Å². The average molecular weight is 493 g/mol. The maximum Gasteiger partial charge on any atom is -0.000682 e. The van der Waals surface area contributed by atoms with Crippen molar-refractivity contribution in [2.24, 2.45) is 0 Å². The standard InChI is InChI=1S/C39H24/c1-2-5-22(6-3-1)23-9-11-24(12-10-23)25-7-4-8-26(17-25)32-21-31-19-29-14-13-27-18-28-15-16-30-20-33(32)39-37(30)35(28)34(27)36(29)38(31)39/h1-17,21H,18-20H2. The SMILES string of the molecule is c1ccc(-c2ccc(-c3cccc(-c4cc5c6c7c(ccc8c7c7c(ccc9c7c6c4C9)C8)C5)c3)cc2)cc1. The molecule has 0 radical (unpaired) electrons. The Morgan fingerprint density at radius 2 is 0.795 bits per heavy atom. The molecule has 7 aromatic carbocycles. The summed E-state index contributed by atoms with van der Waals surface area (Å²) in [6, 6.07) is 41.0. The van der Waals surface area contributed by atoms with Gasteiger partial charge in [-0.1, -0.05) is 97.1 Å². The summed E-state index contributed by atoms with van der Waals surface area (Å²) in [4.78, 5) is 0. The second-order valence-corrected chi connectivity index (χ2v) is 11.6. The number of hydrogen-bond acceptors (Lipinski definition) is 0. The van der Waals surface area contributed by atoms with Gasteiger partial charge in [0.2, 0.25) is 0 Å². The first-order valence-corrected chi connectivity index (χ1v) is 14.1.